The number of nitrogens with two attached hydrogens (primary N) is 1. The molecule has 0 rings (SSSR count). The molecule has 0 aromatic carbocycles. The van der Waals surface area contributed by atoms with Gasteiger partial charge in [0.2, 0.25) is 0 Å². The first-order valence-electron chi connectivity index (χ1n) is 3.27. The van der Waals surface area contributed by atoms with Crippen molar-refractivity contribution in [2.75, 3.05) is 13.6 Å². The van der Waals surface area contributed by atoms with E-state index in [1.54, 1.807) is 11.2 Å². The van der Waals surface area contributed by atoms with Crippen LogP contribution < -0.4 is 11.1 Å². The van der Waals surface area contributed by atoms with Gasteiger partial charge in [-0.25, -0.2) is 0 Å². The molecule has 0 radical (unpaired) electrons. The van der Waals surface area contributed by atoms with Crippen LogP contribution in [0, 0.1) is 0 Å². The van der Waals surface area contributed by atoms with Crippen LogP contribution in [0.4, 0.5) is 0 Å². The molecule has 0 aliphatic rings. The van der Waals surface area contributed by atoms with E-state index in [1.165, 1.54) is 6.20 Å². The molecule has 4 heteroatoms. The molecule has 0 spiro atoms. The lowest BCUT2D eigenvalue weighted by Crippen LogP contribution is -2.07. The number of nitrogens with one attached hydrogen (secondary N) is 1. The molecule has 0 bridgehead atoms. The summed E-state index contributed by atoms with van der Waals surface area (Å²) < 4.78 is 0. The van der Waals surface area contributed by atoms with Gasteiger partial charge >= 0.3 is 0 Å². The van der Waals surface area contributed by atoms with Crippen LogP contribution in [-0.2, 0) is 0 Å². The smallest absolute Gasteiger partial charge is 0.0343 e. The van der Waals surface area contributed by atoms with Gasteiger partial charge in [-0.15, -0.1) is 0 Å². The molecule has 0 aliphatic heterocycles. The lowest BCUT2D eigenvalue weighted by Gasteiger charge is -2.02. The minimum atomic E-state index is 0.730. The van der Waals surface area contributed by atoms with Crippen molar-refractivity contribution in [2.45, 2.75) is 0 Å². The molecule has 4 nitrogen and oxygen atoms in total. The maximum absolute atomic E-state index is 5.09. The molecule has 3 N–H and O–H groups in total. The minimum absolute atomic E-state index is 0.730. The summed E-state index contributed by atoms with van der Waals surface area (Å²) in [4.78, 5) is 0. The Balaban J connectivity index is 3.36. The van der Waals surface area contributed by atoms with Crippen molar-refractivity contribution in [1.29, 1.82) is 0 Å². The van der Waals surface area contributed by atoms with Crippen molar-refractivity contribution in [1.82, 2.24) is 10.3 Å². The summed E-state index contributed by atoms with van der Waals surface area (Å²) >= 11 is 0. The third-order valence-electron chi connectivity index (χ3n) is 0.994. The van der Waals surface area contributed by atoms with Gasteiger partial charge in [0.15, 0.2) is 0 Å². The predicted octanol–water partition coefficient (Wildman–Crippen LogP) is 0.0670. The molecule has 0 saturated carbocycles. The first kappa shape index (κ1) is 9.55. The van der Waals surface area contributed by atoms with Crippen molar-refractivity contribution < 1.29 is 0 Å². The topological polar surface area (TPSA) is 53.6 Å². The van der Waals surface area contributed by atoms with Gasteiger partial charge in [0.05, 0.1) is 0 Å². The molecule has 0 amide bonds. The fraction of sp³-hybridized carbons (Fsp3) is 0.286. The van der Waals surface area contributed by atoms with Crippen LogP contribution in [-0.4, -0.2) is 25.3 Å². The van der Waals surface area contributed by atoms with Crippen LogP contribution in [0.5, 0.6) is 0 Å². The Morgan fingerprint density at radius 2 is 2.45 bits per heavy atom. The normalized spacial score (nSPS) is 10.6. The lowest BCUT2D eigenvalue weighted by atomic mass is 10.6. The molecule has 0 heterocycles. The summed E-state index contributed by atoms with van der Waals surface area (Å²) in [5, 5.41) is 8.18. The lowest BCUT2D eigenvalue weighted by molar-refractivity contribution is 0.493. The van der Waals surface area contributed by atoms with Crippen LogP contribution >= 0.6 is 0 Å². The zero-order valence-corrected chi connectivity index (χ0v) is 6.70. The second kappa shape index (κ2) is 6.67. The molecule has 0 unspecified atom stereocenters. The third-order valence-corrected chi connectivity index (χ3v) is 0.994. The molecule has 0 atom stereocenters. The standard InChI is InChI=1S/C7H14N4/c1-9-11(2)7-3-5-10-6-4-8/h3-4,6-7,10H,1,5,8H2,2H3/b6-4+,7-3-. The van der Waals surface area contributed by atoms with Crippen molar-refractivity contribution in [3.05, 3.63) is 24.7 Å². The van der Waals surface area contributed by atoms with E-state index in [4.69, 9.17) is 5.73 Å². The summed E-state index contributed by atoms with van der Waals surface area (Å²) in [6, 6.07) is 0. The highest BCUT2D eigenvalue weighted by Gasteiger charge is 1.77. The van der Waals surface area contributed by atoms with E-state index in [-0.39, 0.29) is 0 Å². The Hall–Kier alpha value is -1.45. The SMILES string of the molecule is C=NN(C)/C=C\CN/C=C/N. The summed E-state index contributed by atoms with van der Waals surface area (Å²) in [6.07, 6.45) is 6.84. The number of rotatable bonds is 5. The molecule has 62 valence electrons. The van der Waals surface area contributed by atoms with Crippen LogP contribution in [0.2, 0.25) is 0 Å². The Bertz CT molecular complexity index is 151. The fourth-order valence-corrected chi connectivity index (χ4v) is 0.457. The number of nitrogens with zero attached hydrogens (tertiary/aromatic N) is 2. The highest BCUT2D eigenvalue weighted by Crippen LogP contribution is 1.81. The van der Waals surface area contributed by atoms with Gasteiger partial charge in [-0.05, 0) is 6.08 Å². The molecular formula is C7H14N4. The van der Waals surface area contributed by atoms with E-state index in [2.05, 4.69) is 17.1 Å². The van der Waals surface area contributed by atoms with Crippen LogP contribution in [0.25, 0.3) is 0 Å². The molecule has 0 aliphatic carbocycles. The van der Waals surface area contributed by atoms with E-state index in [1.807, 2.05) is 19.3 Å². The maximum Gasteiger partial charge on any atom is 0.0343 e. The second-order valence-electron chi connectivity index (χ2n) is 1.87. The van der Waals surface area contributed by atoms with Gasteiger partial charge in [-0.2, -0.15) is 5.10 Å². The van der Waals surface area contributed by atoms with Gasteiger partial charge < -0.3 is 11.1 Å². The Morgan fingerprint density at radius 1 is 1.73 bits per heavy atom. The van der Waals surface area contributed by atoms with Crippen LogP contribution in [0.15, 0.2) is 29.8 Å². The molecule has 0 saturated heterocycles. The number of hydrogen-bond acceptors (Lipinski definition) is 4. The van der Waals surface area contributed by atoms with Crippen LogP contribution in [0.1, 0.15) is 0 Å². The average Bonchev–Trinajstić information content (AvgIpc) is 2.04. The zero-order chi connectivity index (χ0) is 8.53. The molecule has 0 fully saturated rings. The molecular weight excluding hydrogens is 140 g/mol. The molecule has 11 heavy (non-hydrogen) atoms. The Labute approximate surface area is 67.1 Å². The summed E-state index contributed by atoms with van der Waals surface area (Å²) in [6.45, 7) is 4.08. The average molecular weight is 154 g/mol. The van der Waals surface area contributed by atoms with Gasteiger partial charge in [-0.1, -0.05) is 0 Å². The van der Waals surface area contributed by atoms with E-state index >= 15 is 0 Å². The Kier molecular flexibility index (Phi) is 5.79. The summed E-state index contributed by atoms with van der Waals surface area (Å²) in [5.41, 5.74) is 5.09. The minimum Gasteiger partial charge on any atom is -0.403 e. The fourth-order valence-electron chi connectivity index (χ4n) is 0.457. The van der Waals surface area contributed by atoms with Crippen molar-refractivity contribution in [2.24, 2.45) is 10.8 Å². The van der Waals surface area contributed by atoms with Crippen LogP contribution in [0.3, 0.4) is 0 Å². The van der Waals surface area contributed by atoms with Crippen molar-refractivity contribution in [3.63, 3.8) is 0 Å². The van der Waals surface area contributed by atoms with Gasteiger partial charge in [-0.3, -0.25) is 5.01 Å². The summed E-state index contributed by atoms with van der Waals surface area (Å²) in [7, 11) is 1.81. The van der Waals surface area contributed by atoms with Gasteiger partial charge in [0.25, 0.3) is 0 Å². The van der Waals surface area contributed by atoms with E-state index < -0.39 is 0 Å². The first-order valence-corrected chi connectivity index (χ1v) is 3.27. The first-order chi connectivity index (χ1) is 5.31. The zero-order valence-electron chi connectivity index (χ0n) is 6.70. The van der Waals surface area contributed by atoms with E-state index in [9.17, 15) is 0 Å². The molecule has 0 aromatic rings. The monoisotopic (exact) mass is 154 g/mol. The predicted molar refractivity (Wildman–Crippen MR) is 47.8 cm³/mol. The van der Waals surface area contributed by atoms with E-state index in [0.717, 1.165) is 6.54 Å². The van der Waals surface area contributed by atoms with Crippen molar-refractivity contribution in [3.8, 4) is 0 Å². The van der Waals surface area contributed by atoms with Crippen molar-refractivity contribution >= 4 is 6.72 Å². The second-order valence-corrected chi connectivity index (χ2v) is 1.87. The Morgan fingerprint density at radius 3 is 3.00 bits per heavy atom. The van der Waals surface area contributed by atoms with Gasteiger partial charge in [0.1, 0.15) is 0 Å². The summed E-state index contributed by atoms with van der Waals surface area (Å²) in [5.74, 6) is 0. The number of hydrazone groups is 1. The largest absolute Gasteiger partial charge is 0.403 e. The maximum atomic E-state index is 5.09. The number of hydrogen-bond donors (Lipinski definition) is 2. The highest BCUT2D eigenvalue weighted by atomic mass is 15.4. The third kappa shape index (κ3) is 6.44. The highest BCUT2D eigenvalue weighted by molar-refractivity contribution is 5.22. The quantitative estimate of drug-likeness (QED) is 0.334. The van der Waals surface area contributed by atoms with E-state index in [0.29, 0.717) is 0 Å². The molecule has 0 aromatic heterocycles. The van der Waals surface area contributed by atoms with Gasteiger partial charge in [0, 0.05) is 38.9 Å².